The third-order valence-electron chi connectivity index (χ3n) is 3.94. The summed E-state index contributed by atoms with van der Waals surface area (Å²) in [6.07, 6.45) is -5.83. The molecule has 0 aliphatic carbocycles. The van der Waals surface area contributed by atoms with E-state index in [1.165, 1.54) is 29.2 Å². The topological polar surface area (TPSA) is 85.2 Å². The summed E-state index contributed by atoms with van der Waals surface area (Å²) in [7, 11) is 1.86. The van der Waals surface area contributed by atoms with E-state index in [1.54, 1.807) is 5.43 Å². The van der Waals surface area contributed by atoms with Gasteiger partial charge in [0.15, 0.2) is 5.71 Å². The van der Waals surface area contributed by atoms with Gasteiger partial charge >= 0.3 is 6.18 Å². The van der Waals surface area contributed by atoms with Gasteiger partial charge in [0.25, 0.3) is 5.91 Å². The molecule has 1 aliphatic heterocycles. The molecule has 2 rings (SSSR count). The molecule has 10 heteroatoms. The Balaban J connectivity index is 2.07. The second-order valence-electron chi connectivity index (χ2n) is 5.88. The van der Waals surface area contributed by atoms with Crippen LogP contribution in [0, 0.1) is 0 Å². The summed E-state index contributed by atoms with van der Waals surface area (Å²) in [5.41, 5.74) is 0.135. The first-order valence-corrected chi connectivity index (χ1v) is 7.87. The number of alkyl halides is 3. The van der Waals surface area contributed by atoms with Crippen molar-refractivity contribution in [2.75, 3.05) is 33.2 Å². The fraction of sp³-hybridized carbons (Fsp3) is 0.438. The molecule has 0 saturated carbocycles. The van der Waals surface area contributed by atoms with Crippen LogP contribution in [-0.4, -0.2) is 71.8 Å². The van der Waals surface area contributed by atoms with Crippen molar-refractivity contribution in [2.45, 2.75) is 12.6 Å². The number of benzene rings is 1. The van der Waals surface area contributed by atoms with Crippen molar-refractivity contribution in [2.24, 2.45) is 5.10 Å². The molecule has 1 aliphatic rings. The summed E-state index contributed by atoms with van der Waals surface area (Å²) in [6.45, 7) is 1.83. The Morgan fingerprint density at radius 1 is 1.19 bits per heavy atom. The number of hydrazone groups is 1. The predicted molar refractivity (Wildman–Crippen MR) is 87.8 cm³/mol. The number of aromatic hydroxyl groups is 1. The van der Waals surface area contributed by atoms with Crippen molar-refractivity contribution < 1.29 is 27.9 Å². The quantitative estimate of drug-likeness (QED) is 0.615. The number of nitrogens with one attached hydrogen (secondary N) is 1. The van der Waals surface area contributed by atoms with Crippen LogP contribution in [0.25, 0.3) is 0 Å². The number of rotatable bonds is 4. The van der Waals surface area contributed by atoms with Crippen molar-refractivity contribution >= 4 is 17.5 Å². The van der Waals surface area contributed by atoms with Gasteiger partial charge in [-0.2, -0.15) is 18.3 Å². The predicted octanol–water partition coefficient (Wildman–Crippen LogP) is 1.20. The Kier molecular flexibility index (Phi) is 6.19. The number of likely N-dealkylation sites (N-methyl/N-ethyl adjacent to an activating group) is 1. The van der Waals surface area contributed by atoms with Gasteiger partial charge in [0.2, 0.25) is 5.91 Å². The Bertz CT molecular complexity index is 698. The Morgan fingerprint density at radius 2 is 1.81 bits per heavy atom. The lowest BCUT2D eigenvalue weighted by atomic mass is 10.2. The van der Waals surface area contributed by atoms with E-state index < -0.39 is 30.1 Å². The minimum absolute atomic E-state index is 0.219. The van der Waals surface area contributed by atoms with Crippen molar-refractivity contribution in [1.29, 1.82) is 0 Å². The molecular weight excluding hydrogens is 353 g/mol. The lowest BCUT2D eigenvalue weighted by Gasteiger charge is -2.32. The average molecular weight is 372 g/mol. The van der Waals surface area contributed by atoms with Crippen LogP contribution in [0.2, 0.25) is 0 Å². The van der Waals surface area contributed by atoms with Crippen molar-refractivity contribution in [3.05, 3.63) is 29.8 Å². The van der Waals surface area contributed by atoms with Crippen LogP contribution in [0.1, 0.15) is 16.8 Å². The molecule has 7 nitrogen and oxygen atoms in total. The number of nitrogens with zero attached hydrogens (tertiary/aromatic N) is 3. The van der Waals surface area contributed by atoms with Crippen LogP contribution < -0.4 is 5.43 Å². The smallest absolute Gasteiger partial charge is 0.431 e. The van der Waals surface area contributed by atoms with E-state index in [4.69, 9.17) is 0 Å². The Hall–Kier alpha value is -2.62. The van der Waals surface area contributed by atoms with Crippen molar-refractivity contribution in [3.63, 3.8) is 0 Å². The van der Waals surface area contributed by atoms with Crippen LogP contribution in [0.5, 0.6) is 5.75 Å². The van der Waals surface area contributed by atoms with Crippen LogP contribution in [0.4, 0.5) is 13.2 Å². The zero-order valence-corrected chi connectivity index (χ0v) is 14.1. The van der Waals surface area contributed by atoms with E-state index in [-0.39, 0.29) is 11.3 Å². The molecular formula is C16H19F3N4O3. The maximum Gasteiger partial charge on any atom is 0.431 e. The van der Waals surface area contributed by atoms with E-state index >= 15 is 0 Å². The summed E-state index contributed by atoms with van der Waals surface area (Å²) in [5, 5.41) is 12.6. The summed E-state index contributed by atoms with van der Waals surface area (Å²) >= 11 is 0. The molecule has 0 spiro atoms. The van der Waals surface area contributed by atoms with E-state index in [2.05, 4.69) is 5.10 Å². The van der Waals surface area contributed by atoms with Crippen LogP contribution in [-0.2, 0) is 4.79 Å². The van der Waals surface area contributed by atoms with Crippen LogP contribution in [0.3, 0.4) is 0 Å². The zero-order valence-electron chi connectivity index (χ0n) is 14.1. The second-order valence-corrected chi connectivity index (χ2v) is 5.88. The van der Waals surface area contributed by atoms with Gasteiger partial charge in [0.05, 0.1) is 12.0 Å². The van der Waals surface area contributed by atoms with E-state index in [0.717, 1.165) is 0 Å². The number of phenols is 1. The molecule has 0 aromatic heterocycles. The molecule has 1 heterocycles. The molecule has 0 unspecified atom stereocenters. The summed E-state index contributed by atoms with van der Waals surface area (Å²) in [6, 6.07) is 5.37. The number of para-hydroxylation sites is 1. The molecule has 0 bridgehead atoms. The van der Waals surface area contributed by atoms with Gasteiger partial charge in [0.1, 0.15) is 5.75 Å². The van der Waals surface area contributed by atoms with E-state index in [0.29, 0.717) is 26.2 Å². The first-order chi connectivity index (χ1) is 12.2. The molecule has 1 aromatic carbocycles. The third-order valence-corrected chi connectivity index (χ3v) is 3.94. The van der Waals surface area contributed by atoms with Crippen molar-refractivity contribution in [3.8, 4) is 5.75 Å². The van der Waals surface area contributed by atoms with Crippen LogP contribution in [0.15, 0.2) is 29.4 Å². The summed E-state index contributed by atoms with van der Waals surface area (Å²) in [5.74, 6) is -2.09. The lowest BCUT2D eigenvalue weighted by Crippen LogP contribution is -2.48. The largest absolute Gasteiger partial charge is 0.507 e. The molecule has 1 fully saturated rings. The standard InChI is InChI=1S/C16H19F3N4O3/c1-22-6-8-23(9-7-22)14(25)10-13(16(17,18)19)20-21-15(26)11-4-2-3-5-12(11)24/h2-5,24H,6-10H2,1H3,(H,21,26)/b20-13-. The molecule has 142 valence electrons. The highest BCUT2D eigenvalue weighted by atomic mass is 19.4. The molecule has 2 amide bonds. The lowest BCUT2D eigenvalue weighted by molar-refractivity contribution is -0.132. The highest BCUT2D eigenvalue weighted by Gasteiger charge is 2.38. The van der Waals surface area contributed by atoms with Gasteiger partial charge in [0, 0.05) is 26.2 Å². The van der Waals surface area contributed by atoms with Gasteiger partial charge in [-0.1, -0.05) is 12.1 Å². The molecule has 0 atom stereocenters. The Morgan fingerprint density at radius 3 is 2.38 bits per heavy atom. The first kappa shape index (κ1) is 19.7. The monoisotopic (exact) mass is 372 g/mol. The Labute approximate surface area is 148 Å². The molecule has 2 N–H and O–H groups in total. The number of amides is 2. The van der Waals surface area contributed by atoms with Crippen LogP contribution >= 0.6 is 0 Å². The number of phenolic OH excluding ortho intramolecular Hbond substituents is 1. The second kappa shape index (κ2) is 8.17. The van der Waals surface area contributed by atoms with E-state index in [1.807, 2.05) is 11.9 Å². The minimum Gasteiger partial charge on any atom is -0.507 e. The number of carbonyl (C=O) groups excluding carboxylic acids is 2. The minimum atomic E-state index is -4.87. The van der Waals surface area contributed by atoms with Gasteiger partial charge in [-0.25, -0.2) is 5.43 Å². The molecule has 26 heavy (non-hydrogen) atoms. The van der Waals surface area contributed by atoms with Crippen molar-refractivity contribution in [1.82, 2.24) is 15.2 Å². The maximum absolute atomic E-state index is 13.1. The number of carbonyl (C=O) groups is 2. The third kappa shape index (κ3) is 5.19. The van der Waals surface area contributed by atoms with E-state index in [9.17, 15) is 27.9 Å². The molecule has 0 radical (unpaired) electrons. The first-order valence-electron chi connectivity index (χ1n) is 7.87. The number of halogens is 3. The number of hydrogen-bond acceptors (Lipinski definition) is 5. The highest BCUT2D eigenvalue weighted by molar-refractivity contribution is 6.05. The number of piperazine rings is 1. The SMILES string of the molecule is CN1CCN(C(=O)C/C(=N/NC(=O)c2ccccc2O)C(F)(F)F)CC1. The fourth-order valence-electron chi connectivity index (χ4n) is 2.36. The van der Waals surface area contributed by atoms with Gasteiger partial charge in [-0.15, -0.1) is 0 Å². The highest BCUT2D eigenvalue weighted by Crippen LogP contribution is 2.21. The molecule has 1 saturated heterocycles. The fourth-order valence-corrected chi connectivity index (χ4v) is 2.36. The van der Waals surface area contributed by atoms with Gasteiger partial charge in [-0.3, -0.25) is 9.59 Å². The summed E-state index contributed by atoms with van der Waals surface area (Å²) in [4.78, 5) is 27.3. The zero-order chi connectivity index (χ0) is 19.3. The molecule has 1 aromatic rings. The summed E-state index contributed by atoms with van der Waals surface area (Å²) < 4.78 is 39.4. The number of hydrogen-bond donors (Lipinski definition) is 2. The normalized spacial score (nSPS) is 16.5. The van der Waals surface area contributed by atoms with Gasteiger partial charge in [-0.05, 0) is 19.2 Å². The average Bonchev–Trinajstić information content (AvgIpc) is 2.58. The van der Waals surface area contributed by atoms with Gasteiger partial charge < -0.3 is 14.9 Å². The maximum atomic E-state index is 13.1.